The van der Waals surface area contributed by atoms with Crippen molar-refractivity contribution in [2.45, 2.75) is 37.9 Å². The quantitative estimate of drug-likeness (QED) is 0.670. The first kappa shape index (κ1) is 20.5. The number of nitrogens with one attached hydrogen (secondary N) is 2. The topological polar surface area (TPSA) is 78.1 Å². The number of carbonyl (C=O) groups is 1. The van der Waals surface area contributed by atoms with Crippen molar-refractivity contribution in [3.63, 3.8) is 0 Å². The van der Waals surface area contributed by atoms with Crippen molar-refractivity contribution in [1.29, 1.82) is 0 Å². The molecule has 0 spiro atoms. The fourth-order valence-corrected chi connectivity index (χ4v) is 3.55. The van der Waals surface area contributed by atoms with Gasteiger partial charge in [0.15, 0.2) is 0 Å². The number of anilines is 2. The fraction of sp³-hybridized carbons (Fsp3) is 0.435. The summed E-state index contributed by atoms with van der Waals surface area (Å²) in [5.41, 5.74) is 1.31. The molecular formula is C23H28N2O5. The van der Waals surface area contributed by atoms with Crippen molar-refractivity contribution in [2.24, 2.45) is 0 Å². The molecule has 7 nitrogen and oxygen atoms in total. The van der Waals surface area contributed by atoms with Gasteiger partial charge in [-0.1, -0.05) is 12.1 Å². The van der Waals surface area contributed by atoms with Crippen molar-refractivity contribution >= 4 is 17.4 Å². The molecule has 0 radical (unpaired) electrons. The minimum absolute atomic E-state index is 0.152. The van der Waals surface area contributed by atoms with Gasteiger partial charge in [-0.05, 0) is 49.9 Å². The maximum atomic E-state index is 12.4. The number of ether oxygens (including phenoxy) is 4. The molecule has 2 fully saturated rings. The molecule has 2 aromatic carbocycles. The van der Waals surface area contributed by atoms with Crippen LogP contribution in [0.15, 0.2) is 48.5 Å². The molecule has 160 valence electrons. The number of hydrogen-bond acceptors (Lipinski definition) is 5. The molecule has 0 aliphatic carbocycles. The lowest BCUT2D eigenvalue weighted by Gasteiger charge is -2.14. The molecule has 7 heteroatoms. The van der Waals surface area contributed by atoms with Crippen molar-refractivity contribution in [3.8, 4) is 11.5 Å². The summed E-state index contributed by atoms with van der Waals surface area (Å²) in [7, 11) is 0. The third-order valence-electron chi connectivity index (χ3n) is 5.10. The molecule has 2 unspecified atom stereocenters. The standard InChI is InChI=1S/C23H28N2O5/c26-23(24-17-5-1-7-19(13-17)29-15-21-9-3-11-27-21)25-18-6-2-8-20(14-18)30-16-22-10-4-12-28-22/h1-2,5-8,13-14,21-22H,3-4,9-12,15-16H2,(H2,24,25,26). The van der Waals surface area contributed by atoms with E-state index >= 15 is 0 Å². The lowest BCUT2D eigenvalue weighted by molar-refractivity contribution is 0.0679. The van der Waals surface area contributed by atoms with E-state index in [9.17, 15) is 4.79 Å². The van der Waals surface area contributed by atoms with E-state index in [4.69, 9.17) is 18.9 Å². The second-order valence-electron chi connectivity index (χ2n) is 7.53. The SMILES string of the molecule is O=C(Nc1cccc(OCC2CCCO2)c1)Nc1cccc(OCC2CCCO2)c1. The number of benzene rings is 2. The van der Waals surface area contributed by atoms with Crippen LogP contribution < -0.4 is 20.1 Å². The molecule has 2 aliphatic heterocycles. The van der Waals surface area contributed by atoms with Gasteiger partial charge in [0.25, 0.3) is 0 Å². The van der Waals surface area contributed by atoms with E-state index in [1.807, 2.05) is 36.4 Å². The number of carbonyl (C=O) groups excluding carboxylic acids is 1. The monoisotopic (exact) mass is 412 g/mol. The summed E-state index contributed by atoms with van der Waals surface area (Å²) in [6.07, 6.45) is 4.51. The highest BCUT2D eigenvalue weighted by atomic mass is 16.5. The Kier molecular flexibility index (Phi) is 7.05. The van der Waals surface area contributed by atoms with Crippen molar-refractivity contribution in [1.82, 2.24) is 0 Å². The number of hydrogen-bond donors (Lipinski definition) is 2. The lowest BCUT2D eigenvalue weighted by Crippen LogP contribution is -2.20. The van der Waals surface area contributed by atoms with Crippen LogP contribution in [-0.4, -0.2) is 44.7 Å². The summed E-state index contributed by atoms with van der Waals surface area (Å²) in [6.45, 7) is 2.65. The summed E-state index contributed by atoms with van der Waals surface area (Å²) in [5, 5.41) is 5.67. The van der Waals surface area contributed by atoms with Crippen LogP contribution in [0, 0.1) is 0 Å². The van der Waals surface area contributed by atoms with Crippen LogP contribution in [0.25, 0.3) is 0 Å². The van der Waals surface area contributed by atoms with Gasteiger partial charge in [-0.3, -0.25) is 0 Å². The smallest absolute Gasteiger partial charge is 0.323 e. The molecule has 4 rings (SSSR count). The van der Waals surface area contributed by atoms with Crippen LogP contribution in [0.1, 0.15) is 25.7 Å². The summed E-state index contributed by atoms with van der Waals surface area (Å²) in [5.74, 6) is 1.40. The van der Waals surface area contributed by atoms with Gasteiger partial charge < -0.3 is 29.6 Å². The summed E-state index contributed by atoms with van der Waals surface area (Å²) >= 11 is 0. The van der Waals surface area contributed by atoms with E-state index in [1.54, 1.807) is 12.1 Å². The number of amides is 2. The summed E-state index contributed by atoms with van der Waals surface area (Å²) < 4.78 is 22.7. The average Bonchev–Trinajstić information content (AvgIpc) is 3.45. The van der Waals surface area contributed by atoms with Gasteiger partial charge in [0.1, 0.15) is 24.7 Å². The second-order valence-corrected chi connectivity index (χ2v) is 7.53. The normalized spacial score (nSPS) is 20.7. The summed E-state index contributed by atoms with van der Waals surface area (Å²) in [6, 6.07) is 14.3. The average molecular weight is 412 g/mol. The van der Waals surface area contributed by atoms with Crippen LogP contribution in [0.2, 0.25) is 0 Å². The molecule has 2 aromatic rings. The Morgan fingerprint density at radius 2 is 1.33 bits per heavy atom. The van der Waals surface area contributed by atoms with E-state index in [2.05, 4.69) is 10.6 Å². The third-order valence-corrected chi connectivity index (χ3v) is 5.10. The molecule has 2 aliphatic rings. The van der Waals surface area contributed by atoms with Gasteiger partial charge in [-0.2, -0.15) is 0 Å². The molecule has 0 saturated carbocycles. The van der Waals surface area contributed by atoms with Gasteiger partial charge >= 0.3 is 6.03 Å². The van der Waals surface area contributed by atoms with Crippen LogP contribution in [0.5, 0.6) is 11.5 Å². The Morgan fingerprint density at radius 1 is 0.833 bits per heavy atom. The minimum atomic E-state index is -0.331. The van der Waals surface area contributed by atoms with E-state index in [0.717, 1.165) is 38.9 Å². The first-order valence-corrected chi connectivity index (χ1v) is 10.5. The molecule has 2 heterocycles. The largest absolute Gasteiger partial charge is 0.491 e. The Balaban J connectivity index is 1.26. The Hall–Kier alpha value is -2.77. The van der Waals surface area contributed by atoms with Crippen LogP contribution in [0.4, 0.5) is 16.2 Å². The minimum Gasteiger partial charge on any atom is -0.491 e. The van der Waals surface area contributed by atoms with E-state index < -0.39 is 0 Å². The van der Waals surface area contributed by atoms with E-state index in [-0.39, 0.29) is 18.2 Å². The van der Waals surface area contributed by atoms with Crippen LogP contribution in [-0.2, 0) is 9.47 Å². The second kappa shape index (κ2) is 10.3. The number of urea groups is 1. The molecular weight excluding hydrogens is 384 g/mol. The molecule has 30 heavy (non-hydrogen) atoms. The van der Waals surface area contributed by atoms with Gasteiger partial charge in [0.05, 0.1) is 12.2 Å². The van der Waals surface area contributed by atoms with E-state index in [0.29, 0.717) is 36.1 Å². The highest BCUT2D eigenvalue weighted by Crippen LogP contribution is 2.22. The van der Waals surface area contributed by atoms with Crippen molar-refractivity contribution in [3.05, 3.63) is 48.5 Å². The Labute approximate surface area is 176 Å². The van der Waals surface area contributed by atoms with Crippen molar-refractivity contribution in [2.75, 3.05) is 37.1 Å². The van der Waals surface area contributed by atoms with Gasteiger partial charge in [0.2, 0.25) is 0 Å². The molecule has 0 bridgehead atoms. The zero-order chi connectivity index (χ0) is 20.6. The zero-order valence-electron chi connectivity index (χ0n) is 17.0. The number of rotatable bonds is 8. The molecule has 2 atom stereocenters. The fourth-order valence-electron chi connectivity index (χ4n) is 3.55. The maximum Gasteiger partial charge on any atom is 0.323 e. The zero-order valence-corrected chi connectivity index (χ0v) is 17.0. The molecule has 2 saturated heterocycles. The lowest BCUT2D eigenvalue weighted by atomic mass is 10.2. The summed E-state index contributed by atoms with van der Waals surface area (Å²) in [4.78, 5) is 12.4. The maximum absolute atomic E-state index is 12.4. The van der Waals surface area contributed by atoms with Crippen LogP contribution in [0.3, 0.4) is 0 Å². The Bertz CT molecular complexity index is 764. The molecule has 2 amide bonds. The van der Waals surface area contributed by atoms with Crippen molar-refractivity contribution < 1.29 is 23.7 Å². The highest BCUT2D eigenvalue weighted by molar-refractivity contribution is 5.99. The van der Waals surface area contributed by atoms with Crippen LogP contribution >= 0.6 is 0 Å². The first-order valence-electron chi connectivity index (χ1n) is 10.5. The Morgan fingerprint density at radius 3 is 1.77 bits per heavy atom. The highest BCUT2D eigenvalue weighted by Gasteiger charge is 2.17. The van der Waals surface area contributed by atoms with Gasteiger partial charge in [0, 0.05) is 36.7 Å². The molecule has 2 N–H and O–H groups in total. The first-order chi connectivity index (χ1) is 14.7. The predicted molar refractivity (Wildman–Crippen MR) is 114 cm³/mol. The van der Waals surface area contributed by atoms with Gasteiger partial charge in [-0.15, -0.1) is 0 Å². The van der Waals surface area contributed by atoms with Gasteiger partial charge in [-0.25, -0.2) is 4.79 Å². The predicted octanol–water partition coefficient (Wildman–Crippen LogP) is 4.45. The third kappa shape index (κ3) is 6.11. The van der Waals surface area contributed by atoms with E-state index in [1.165, 1.54) is 0 Å². The molecule has 0 aromatic heterocycles.